The molecule has 112 valence electrons. The smallest absolute Gasteiger partial charge is 0.345 e. The summed E-state index contributed by atoms with van der Waals surface area (Å²) in [6.45, 7) is 3.65. The highest BCUT2D eigenvalue weighted by molar-refractivity contribution is 6.33. The zero-order valence-electron chi connectivity index (χ0n) is 12.1. The zero-order chi connectivity index (χ0) is 16.3. The van der Waals surface area contributed by atoms with Crippen LogP contribution < -0.4 is 5.73 Å². The number of carbonyl (C=O) groups excluding carboxylic acids is 1. The number of carbonyl (C=O) groups is 1. The van der Waals surface area contributed by atoms with Crippen molar-refractivity contribution in [2.45, 2.75) is 13.8 Å². The molecule has 0 saturated carbocycles. The minimum Gasteiger partial charge on any atom is -0.462 e. The van der Waals surface area contributed by atoms with Crippen molar-refractivity contribution in [3.63, 3.8) is 0 Å². The largest absolute Gasteiger partial charge is 0.462 e. The Hall–Kier alpha value is -2.65. The number of halogens is 1. The standard InChI is InChI=1S/C15H13ClN4O2/c1-3-22-15(21)11-12(16)19-14(20-13(11)18)10-6-4-5-9(7-17)8(10)2/h4-6H,3H2,1-2H3,(H2,18,19,20). The number of nitrogens with zero attached hydrogens (tertiary/aromatic N) is 3. The fourth-order valence-corrected chi connectivity index (χ4v) is 2.22. The van der Waals surface area contributed by atoms with Gasteiger partial charge in [0.2, 0.25) is 0 Å². The average Bonchev–Trinajstić information content (AvgIpc) is 2.47. The molecule has 0 unspecified atom stereocenters. The van der Waals surface area contributed by atoms with Crippen molar-refractivity contribution >= 4 is 23.4 Å². The number of anilines is 1. The minimum atomic E-state index is -0.668. The molecule has 0 aliphatic carbocycles. The Morgan fingerprint density at radius 2 is 2.18 bits per heavy atom. The second-order valence-electron chi connectivity index (χ2n) is 4.41. The fraction of sp³-hybridized carbons (Fsp3) is 0.200. The molecule has 2 aromatic rings. The van der Waals surface area contributed by atoms with Gasteiger partial charge in [-0.05, 0) is 25.5 Å². The van der Waals surface area contributed by atoms with E-state index < -0.39 is 5.97 Å². The zero-order valence-corrected chi connectivity index (χ0v) is 12.8. The summed E-state index contributed by atoms with van der Waals surface area (Å²) < 4.78 is 4.87. The molecule has 0 atom stereocenters. The molecule has 0 bridgehead atoms. The molecule has 2 N–H and O–H groups in total. The van der Waals surface area contributed by atoms with Gasteiger partial charge >= 0.3 is 5.97 Å². The second-order valence-corrected chi connectivity index (χ2v) is 4.77. The molecule has 6 nitrogen and oxygen atoms in total. The molecule has 0 saturated heterocycles. The van der Waals surface area contributed by atoms with Crippen molar-refractivity contribution in [1.82, 2.24) is 9.97 Å². The predicted octanol–water partition coefficient (Wildman–Crippen LogP) is 2.74. The summed E-state index contributed by atoms with van der Waals surface area (Å²) in [5.74, 6) is -0.473. The summed E-state index contributed by atoms with van der Waals surface area (Å²) in [5, 5.41) is 8.99. The van der Waals surface area contributed by atoms with Crippen molar-refractivity contribution in [1.29, 1.82) is 5.26 Å². The van der Waals surface area contributed by atoms with E-state index in [1.165, 1.54) is 0 Å². The highest BCUT2D eigenvalue weighted by Crippen LogP contribution is 2.27. The maximum Gasteiger partial charge on any atom is 0.345 e. The van der Waals surface area contributed by atoms with Crippen LogP contribution in [0.2, 0.25) is 5.15 Å². The van der Waals surface area contributed by atoms with Gasteiger partial charge in [-0.25, -0.2) is 14.8 Å². The number of nitriles is 1. The van der Waals surface area contributed by atoms with Gasteiger partial charge in [-0.3, -0.25) is 0 Å². The van der Waals surface area contributed by atoms with Crippen molar-refractivity contribution < 1.29 is 9.53 Å². The topological polar surface area (TPSA) is 102 Å². The molecule has 0 spiro atoms. The highest BCUT2D eigenvalue weighted by Gasteiger charge is 2.20. The van der Waals surface area contributed by atoms with Gasteiger partial charge in [-0.15, -0.1) is 0 Å². The van der Waals surface area contributed by atoms with Crippen LogP contribution in [0.4, 0.5) is 5.82 Å². The van der Waals surface area contributed by atoms with Gasteiger partial charge in [-0.1, -0.05) is 23.7 Å². The molecule has 22 heavy (non-hydrogen) atoms. The highest BCUT2D eigenvalue weighted by atomic mass is 35.5. The van der Waals surface area contributed by atoms with Crippen LogP contribution in [-0.4, -0.2) is 22.5 Å². The Morgan fingerprint density at radius 3 is 2.77 bits per heavy atom. The number of aromatic nitrogens is 2. The first-order valence-corrected chi connectivity index (χ1v) is 6.87. The van der Waals surface area contributed by atoms with Crippen LogP contribution in [0.25, 0.3) is 11.4 Å². The van der Waals surface area contributed by atoms with Crippen molar-refractivity contribution in [3.8, 4) is 17.5 Å². The maximum absolute atomic E-state index is 11.8. The quantitative estimate of drug-likeness (QED) is 0.690. The Morgan fingerprint density at radius 1 is 1.45 bits per heavy atom. The van der Waals surface area contributed by atoms with E-state index in [4.69, 9.17) is 27.3 Å². The van der Waals surface area contributed by atoms with Crippen LogP contribution in [0, 0.1) is 18.3 Å². The van der Waals surface area contributed by atoms with Gasteiger partial charge in [-0.2, -0.15) is 5.26 Å². The number of ether oxygens (including phenoxy) is 1. The van der Waals surface area contributed by atoms with E-state index in [-0.39, 0.29) is 29.0 Å². The minimum absolute atomic E-state index is 0.0543. The summed E-state index contributed by atoms with van der Waals surface area (Å²) in [6.07, 6.45) is 0. The summed E-state index contributed by atoms with van der Waals surface area (Å²) in [7, 11) is 0. The molecular formula is C15H13ClN4O2. The Kier molecular flexibility index (Phi) is 4.59. The normalized spacial score (nSPS) is 10.1. The Bertz CT molecular complexity index is 761. The lowest BCUT2D eigenvalue weighted by atomic mass is 10.0. The van der Waals surface area contributed by atoms with Crippen molar-refractivity contribution in [3.05, 3.63) is 40.0 Å². The predicted molar refractivity (Wildman–Crippen MR) is 82.3 cm³/mol. The lowest BCUT2D eigenvalue weighted by molar-refractivity contribution is 0.0527. The lowest BCUT2D eigenvalue weighted by Gasteiger charge is -2.10. The summed E-state index contributed by atoms with van der Waals surface area (Å²) >= 11 is 6.04. The van der Waals surface area contributed by atoms with E-state index in [0.29, 0.717) is 16.7 Å². The van der Waals surface area contributed by atoms with Gasteiger partial charge < -0.3 is 10.5 Å². The third-order valence-corrected chi connectivity index (χ3v) is 3.34. The van der Waals surface area contributed by atoms with E-state index >= 15 is 0 Å². The molecule has 1 heterocycles. The molecule has 7 heteroatoms. The first kappa shape index (κ1) is 15.7. The fourth-order valence-electron chi connectivity index (χ4n) is 1.96. The lowest BCUT2D eigenvalue weighted by Crippen LogP contribution is -2.12. The van der Waals surface area contributed by atoms with Crippen molar-refractivity contribution in [2.24, 2.45) is 0 Å². The number of rotatable bonds is 3. The molecule has 1 aromatic heterocycles. The number of benzene rings is 1. The van der Waals surface area contributed by atoms with E-state index in [1.54, 1.807) is 32.0 Å². The van der Waals surface area contributed by atoms with Gasteiger partial charge in [0.1, 0.15) is 16.5 Å². The van der Waals surface area contributed by atoms with Crippen LogP contribution >= 0.6 is 11.6 Å². The Labute approximate surface area is 132 Å². The number of hydrogen-bond acceptors (Lipinski definition) is 6. The molecule has 2 rings (SSSR count). The maximum atomic E-state index is 11.8. The van der Waals surface area contributed by atoms with E-state index in [0.717, 1.165) is 0 Å². The molecule has 0 radical (unpaired) electrons. The molecule has 0 aliphatic rings. The van der Waals surface area contributed by atoms with Crippen LogP contribution in [-0.2, 0) is 4.74 Å². The van der Waals surface area contributed by atoms with Gasteiger partial charge in [0.15, 0.2) is 5.82 Å². The van der Waals surface area contributed by atoms with Gasteiger partial charge in [0.25, 0.3) is 0 Å². The number of hydrogen-bond donors (Lipinski definition) is 1. The van der Waals surface area contributed by atoms with Gasteiger partial charge in [0.05, 0.1) is 18.2 Å². The summed E-state index contributed by atoms with van der Waals surface area (Å²) in [6, 6.07) is 7.25. The third kappa shape index (κ3) is 2.85. The first-order chi connectivity index (χ1) is 10.5. The summed E-state index contributed by atoms with van der Waals surface area (Å²) in [5.41, 5.74) is 7.60. The number of esters is 1. The number of nitrogen functional groups attached to an aromatic ring is 1. The third-order valence-electron chi connectivity index (χ3n) is 3.07. The van der Waals surface area contributed by atoms with Crippen LogP contribution in [0.15, 0.2) is 18.2 Å². The average molecular weight is 317 g/mol. The molecule has 1 aromatic carbocycles. The van der Waals surface area contributed by atoms with Crippen molar-refractivity contribution in [2.75, 3.05) is 12.3 Å². The van der Waals surface area contributed by atoms with E-state index in [2.05, 4.69) is 16.0 Å². The van der Waals surface area contributed by atoms with Gasteiger partial charge in [0, 0.05) is 5.56 Å². The molecule has 0 aliphatic heterocycles. The number of nitrogens with two attached hydrogens (primary N) is 1. The molecule has 0 fully saturated rings. The second kappa shape index (κ2) is 6.41. The Balaban J connectivity index is 2.57. The van der Waals surface area contributed by atoms with Crippen LogP contribution in [0.3, 0.4) is 0 Å². The SMILES string of the molecule is CCOC(=O)c1c(N)nc(-c2cccc(C#N)c2C)nc1Cl. The van der Waals surface area contributed by atoms with E-state index in [9.17, 15) is 4.79 Å². The summed E-state index contributed by atoms with van der Waals surface area (Å²) in [4.78, 5) is 20.0. The first-order valence-electron chi connectivity index (χ1n) is 6.49. The molecular weight excluding hydrogens is 304 g/mol. The monoisotopic (exact) mass is 316 g/mol. The van der Waals surface area contributed by atoms with Crippen LogP contribution in [0.1, 0.15) is 28.4 Å². The van der Waals surface area contributed by atoms with Crippen LogP contribution in [0.5, 0.6) is 0 Å². The van der Waals surface area contributed by atoms with E-state index in [1.807, 2.05) is 0 Å². The molecule has 0 amide bonds.